The Balaban J connectivity index is 2.44. The molecule has 0 radical (unpaired) electrons. The number of hydrogen-bond donors (Lipinski definition) is 0. The number of thiophene rings is 1. The SMILES string of the molecule is CC1=Nc2c(ccc3sccc23)C1. The molecule has 0 spiro atoms. The van der Waals surface area contributed by atoms with Crippen molar-refractivity contribution in [3.63, 3.8) is 0 Å². The van der Waals surface area contributed by atoms with Crippen LogP contribution in [0.3, 0.4) is 0 Å². The van der Waals surface area contributed by atoms with E-state index >= 15 is 0 Å². The van der Waals surface area contributed by atoms with Crippen LogP contribution in [0.5, 0.6) is 0 Å². The van der Waals surface area contributed by atoms with E-state index in [0.29, 0.717) is 0 Å². The molecule has 0 atom stereocenters. The molecular formula is C11H9NS. The smallest absolute Gasteiger partial charge is 0.0751 e. The molecule has 1 aliphatic rings. The Bertz CT molecular complexity index is 508. The van der Waals surface area contributed by atoms with Crippen LogP contribution in [0.1, 0.15) is 12.5 Å². The van der Waals surface area contributed by atoms with E-state index in [-0.39, 0.29) is 0 Å². The summed E-state index contributed by atoms with van der Waals surface area (Å²) in [5, 5.41) is 3.45. The molecule has 2 aromatic rings. The predicted molar refractivity (Wildman–Crippen MR) is 58.3 cm³/mol. The van der Waals surface area contributed by atoms with Crippen molar-refractivity contribution in [2.45, 2.75) is 13.3 Å². The Hall–Kier alpha value is -1.15. The van der Waals surface area contributed by atoms with Gasteiger partial charge in [0.15, 0.2) is 0 Å². The fourth-order valence-electron chi connectivity index (χ4n) is 1.85. The molecule has 1 aliphatic heterocycles. The molecule has 64 valence electrons. The molecule has 0 fully saturated rings. The first-order chi connectivity index (χ1) is 6.34. The van der Waals surface area contributed by atoms with Crippen LogP contribution in [0.2, 0.25) is 0 Å². The lowest BCUT2D eigenvalue weighted by Gasteiger charge is -1.97. The number of nitrogens with zero attached hydrogens (tertiary/aromatic N) is 1. The van der Waals surface area contributed by atoms with Gasteiger partial charge in [-0.1, -0.05) is 6.07 Å². The number of hydrogen-bond acceptors (Lipinski definition) is 2. The summed E-state index contributed by atoms with van der Waals surface area (Å²) in [6.45, 7) is 2.10. The zero-order valence-corrected chi connectivity index (χ0v) is 8.19. The van der Waals surface area contributed by atoms with Gasteiger partial charge < -0.3 is 0 Å². The van der Waals surface area contributed by atoms with Crippen molar-refractivity contribution in [3.05, 3.63) is 29.1 Å². The lowest BCUT2D eigenvalue weighted by atomic mass is 10.1. The van der Waals surface area contributed by atoms with E-state index in [9.17, 15) is 0 Å². The average Bonchev–Trinajstić information content (AvgIpc) is 2.65. The van der Waals surface area contributed by atoms with Crippen molar-refractivity contribution < 1.29 is 0 Å². The highest BCUT2D eigenvalue weighted by Gasteiger charge is 2.14. The minimum Gasteiger partial charge on any atom is -0.257 e. The summed E-state index contributed by atoms with van der Waals surface area (Å²) in [6.07, 6.45) is 1.03. The third kappa shape index (κ3) is 0.954. The van der Waals surface area contributed by atoms with Crippen molar-refractivity contribution in [2.24, 2.45) is 4.99 Å². The van der Waals surface area contributed by atoms with E-state index in [4.69, 9.17) is 0 Å². The van der Waals surface area contributed by atoms with Gasteiger partial charge in [0.05, 0.1) is 5.69 Å². The fraction of sp³-hybridized carbons (Fsp3) is 0.182. The topological polar surface area (TPSA) is 12.4 Å². The maximum absolute atomic E-state index is 4.58. The standard InChI is InChI=1S/C11H9NS/c1-7-6-8-2-3-10-9(4-5-13-10)11(8)12-7/h2-5H,6H2,1H3. The third-order valence-corrected chi connectivity index (χ3v) is 3.32. The number of benzene rings is 1. The monoisotopic (exact) mass is 187 g/mol. The van der Waals surface area contributed by atoms with E-state index in [1.165, 1.54) is 27.0 Å². The minimum atomic E-state index is 1.03. The molecule has 0 bridgehead atoms. The van der Waals surface area contributed by atoms with Gasteiger partial charge in [0.25, 0.3) is 0 Å². The Morgan fingerprint density at radius 2 is 2.23 bits per heavy atom. The zero-order chi connectivity index (χ0) is 8.84. The second-order valence-electron chi connectivity index (χ2n) is 3.43. The summed E-state index contributed by atoms with van der Waals surface area (Å²) in [4.78, 5) is 4.58. The molecule has 1 aromatic heterocycles. The summed E-state index contributed by atoms with van der Waals surface area (Å²) in [5.41, 5.74) is 3.81. The highest BCUT2D eigenvalue weighted by molar-refractivity contribution is 7.17. The number of rotatable bonds is 0. The second-order valence-corrected chi connectivity index (χ2v) is 4.38. The number of aliphatic imine (C=N–C) groups is 1. The molecule has 0 N–H and O–H groups in total. The van der Waals surface area contributed by atoms with E-state index in [1.807, 2.05) is 0 Å². The Kier molecular flexibility index (Phi) is 1.35. The Morgan fingerprint density at radius 3 is 3.15 bits per heavy atom. The average molecular weight is 187 g/mol. The van der Waals surface area contributed by atoms with Gasteiger partial charge in [0, 0.05) is 22.2 Å². The van der Waals surface area contributed by atoms with Crippen molar-refractivity contribution >= 4 is 32.8 Å². The largest absolute Gasteiger partial charge is 0.257 e. The van der Waals surface area contributed by atoms with Gasteiger partial charge in [0.2, 0.25) is 0 Å². The van der Waals surface area contributed by atoms with Crippen LogP contribution >= 0.6 is 11.3 Å². The van der Waals surface area contributed by atoms with Gasteiger partial charge >= 0.3 is 0 Å². The van der Waals surface area contributed by atoms with Crippen LogP contribution < -0.4 is 0 Å². The molecule has 1 aromatic carbocycles. The highest BCUT2D eigenvalue weighted by atomic mass is 32.1. The molecular weight excluding hydrogens is 178 g/mol. The summed E-state index contributed by atoms with van der Waals surface area (Å²) in [6, 6.07) is 6.57. The lowest BCUT2D eigenvalue weighted by molar-refractivity contribution is 1.40. The van der Waals surface area contributed by atoms with Gasteiger partial charge in [-0.3, -0.25) is 4.99 Å². The Labute approximate surface area is 80.7 Å². The summed E-state index contributed by atoms with van der Waals surface area (Å²) in [5.74, 6) is 0. The van der Waals surface area contributed by atoms with E-state index in [2.05, 4.69) is 35.5 Å². The van der Waals surface area contributed by atoms with E-state index in [1.54, 1.807) is 11.3 Å². The summed E-state index contributed by atoms with van der Waals surface area (Å²) < 4.78 is 1.34. The van der Waals surface area contributed by atoms with Crippen LogP contribution in [-0.2, 0) is 6.42 Å². The highest BCUT2D eigenvalue weighted by Crippen LogP contribution is 2.36. The third-order valence-electron chi connectivity index (χ3n) is 2.44. The van der Waals surface area contributed by atoms with Crippen molar-refractivity contribution in [3.8, 4) is 0 Å². The van der Waals surface area contributed by atoms with Gasteiger partial charge in [-0.05, 0) is 30.0 Å². The van der Waals surface area contributed by atoms with Crippen molar-refractivity contribution in [1.29, 1.82) is 0 Å². The van der Waals surface area contributed by atoms with Crippen LogP contribution in [0.25, 0.3) is 10.1 Å². The molecule has 2 heteroatoms. The number of fused-ring (bicyclic) bond motifs is 3. The summed E-state index contributed by atoms with van der Waals surface area (Å²) >= 11 is 1.79. The van der Waals surface area contributed by atoms with Gasteiger partial charge in [-0.2, -0.15) is 0 Å². The first kappa shape index (κ1) is 7.27. The fourth-order valence-corrected chi connectivity index (χ4v) is 2.64. The van der Waals surface area contributed by atoms with E-state index in [0.717, 1.165) is 6.42 Å². The maximum atomic E-state index is 4.58. The second kappa shape index (κ2) is 2.42. The minimum absolute atomic E-state index is 1.03. The maximum Gasteiger partial charge on any atom is 0.0751 e. The predicted octanol–water partition coefficient (Wildman–Crippen LogP) is 3.55. The van der Waals surface area contributed by atoms with Crippen LogP contribution in [-0.4, -0.2) is 5.71 Å². The van der Waals surface area contributed by atoms with Crippen LogP contribution in [0.15, 0.2) is 28.6 Å². The molecule has 0 amide bonds. The molecule has 3 rings (SSSR count). The van der Waals surface area contributed by atoms with Crippen molar-refractivity contribution in [2.75, 3.05) is 0 Å². The van der Waals surface area contributed by atoms with Gasteiger partial charge in [-0.15, -0.1) is 11.3 Å². The summed E-state index contributed by atoms with van der Waals surface area (Å²) in [7, 11) is 0. The molecule has 0 aliphatic carbocycles. The molecule has 0 saturated heterocycles. The first-order valence-electron chi connectivity index (χ1n) is 4.38. The van der Waals surface area contributed by atoms with Gasteiger partial charge in [0.1, 0.15) is 0 Å². The van der Waals surface area contributed by atoms with E-state index < -0.39 is 0 Å². The van der Waals surface area contributed by atoms with Gasteiger partial charge in [-0.25, -0.2) is 0 Å². The lowest BCUT2D eigenvalue weighted by Crippen LogP contribution is -1.87. The molecule has 0 saturated carbocycles. The molecule has 1 nitrogen and oxygen atoms in total. The van der Waals surface area contributed by atoms with Crippen LogP contribution in [0, 0.1) is 0 Å². The van der Waals surface area contributed by atoms with Crippen molar-refractivity contribution in [1.82, 2.24) is 0 Å². The molecule has 2 heterocycles. The molecule has 13 heavy (non-hydrogen) atoms. The quantitative estimate of drug-likeness (QED) is 0.598. The van der Waals surface area contributed by atoms with Crippen LogP contribution in [0.4, 0.5) is 5.69 Å². The first-order valence-corrected chi connectivity index (χ1v) is 5.26. The molecule has 0 unspecified atom stereocenters. The Morgan fingerprint density at radius 1 is 1.31 bits per heavy atom. The zero-order valence-electron chi connectivity index (χ0n) is 7.37. The normalized spacial score (nSPS) is 14.7.